The van der Waals surface area contributed by atoms with Crippen LogP contribution in [0.4, 0.5) is 13.2 Å². The van der Waals surface area contributed by atoms with Gasteiger partial charge in [0.1, 0.15) is 6.10 Å². The molecule has 23 heavy (non-hydrogen) atoms. The summed E-state index contributed by atoms with van der Waals surface area (Å²) >= 11 is 0. The molecular weight excluding hydrogens is 313 g/mol. The fraction of sp³-hybridized carbons (Fsp3) is 0.600. The summed E-state index contributed by atoms with van der Waals surface area (Å²) in [6, 6.07) is 2.10. The number of halogens is 3. The van der Waals surface area contributed by atoms with Crippen molar-refractivity contribution in [2.24, 2.45) is 5.92 Å². The number of pyridine rings is 1. The average Bonchev–Trinajstić information content (AvgIpc) is 3.34. The molecule has 1 aromatic rings. The molecule has 0 N–H and O–H groups in total. The van der Waals surface area contributed by atoms with Gasteiger partial charge >= 0.3 is 6.18 Å². The Kier molecular flexibility index (Phi) is 4.43. The van der Waals surface area contributed by atoms with Crippen molar-refractivity contribution in [1.29, 1.82) is 0 Å². The molecule has 3 rings (SSSR count). The van der Waals surface area contributed by atoms with Gasteiger partial charge in [-0.15, -0.1) is 0 Å². The van der Waals surface area contributed by atoms with Crippen molar-refractivity contribution in [3.63, 3.8) is 0 Å². The molecule has 8 heteroatoms. The zero-order valence-corrected chi connectivity index (χ0v) is 12.4. The molecule has 5 nitrogen and oxygen atoms in total. The third-order valence-corrected chi connectivity index (χ3v) is 3.82. The summed E-state index contributed by atoms with van der Waals surface area (Å²) in [5.41, 5.74) is -0.826. The van der Waals surface area contributed by atoms with E-state index in [2.05, 4.69) is 4.98 Å². The normalized spacial score (nSPS) is 22.6. The van der Waals surface area contributed by atoms with Crippen LogP contribution < -0.4 is 4.74 Å². The van der Waals surface area contributed by atoms with Gasteiger partial charge in [0.05, 0.1) is 25.3 Å². The maximum atomic E-state index is 12.5. The first-order valence-corrected chi connectivity index (χ1v) is 7.50. The number of rotatable bonds is 3. The topological polar surface area (TPSA) is 51.7 Å². The van der Waals surface area contributed by atoms with Crippen LogP contribution in [-0.2, 0) is 15.7 Å². The van der Waals surface area contributed by atoms with Crippen LogP contribution in [0, 0.1) is 5.92 Å². The van der Waals surface area contributed by atoms with Gasteiger partial charge in [0.25, 0.3) is 0 Å². The summed E-state index contributed by atoms with van der Waals surface area (Å²) < 4.78 is 48.5. The molecule has 0 bridgehead atoms. The van der Waals surface area contributed by atoms with Crippen molar-refractivity contribution in [3.05, 3.63) is 23.9 Å². The Balaban J connectivity index is 1.62. The van der Waals surface area contributed by atoms with Gasteiger partial charge in [-0.25, -0.2) is 4.98 Å². The number of hydrogen-bond donors (Lipinski definition) is 0. The van der Waals surface area contributed by atoms with E-state index < -0.39 is 17.8 Å². The second-order valence-corrected chi connectivity index (χ2v) is 5.76. The highest BCUT2D eigenvalue weighted by molar-refractivity contribution is 5.81. The number of hydrogen-bond acceptors (Lipinski definition) is 4. The first-order chi connectivity index (χ1) is 10.9. The van der Waals surface area contributed by atoms with Crippen LogP contribution in [-0.4, -0.2) is 48.2 Å². The first kappa shape index (κ1) is 16.0. The second kappa shape index (κ2) is 6.35. The van der Waals surface area contributed by atoms with Gasteiger partial charge in [0.2, 0.25) is 11.8 Å². The molecule has 1 aliphatic carbocycles. The second-order valence-electron chi connectivity index (χ2n) is 5.76. The predicted molar refractivity (Wildman–Crippen MR) is 73.8 cm³/mol. The Morgan fingerprint density at radius 1 is 1.35 bits per heavy atom. The van der Waals surface area contributed by atoms with E-state index in [1.165, 1.54) is 6.07 Å². The predicted octanol–water partition coefficient (Wildman–Crippen LogP) is 2.12. The number of carbonyl (C=O) groups is 1. The Bertz CT molecular complexity index is 558. The smallest absolute Gasteiger partial charge is 0.417 e. The highest BCUT2D eigenvalue weighted by atomic mass is 19.4. The minimum Gasteiger partial charge on any atom is -0.470 e. The van der Waals surface area contributed by atoms with Crippen LogP contribution in [0.3, 0.4) is 0 Å². The van der Waals surface area contributed by atoms with Crippen LogP contribution in [0.1, 0.15) is 18.4 Å². The zero-order chi connectivity index (χ0) is 16.4. The van der Waals surface area contributed by atoms with Gasteiger partial charge < -0.3 is 14.4 Å². The molecule has 0 aromatic carbocycles. The lowest BCUT2D eigenvalue weighted by Crippen LogP contribution is -2.40. The van der Waals surface area contributed by atoms with Crippen LogP contribution >= 0.6 is 0 Å². The van der Waals surface area contributed by atoms with E-state index in [0.29, 0.717) is 19.7 Å². The van der Waals surface area contributed by atoms with E-state index in [4.69, 9.17) is 9.47 Å². The lowest BCUT2D eigenvalue weighted by Gasteiger charge is -2.24. The van der Waals surface area contributed by atoms with Crippen molar-refractivity contribution in [3.8, 4) is 5.88 Å². The lowest BCUT2D eigenvalue weighted by atomic mass is 10.2. The fourth-order valence-corrected chi connectivity index (χ4v) is 2.43. The molecule has 126 valence electrons. The van der Waals surface area contributed by atoms with Crippen molar-refractivity contribution in [1.82, 2.24) is 9.88 Å². The van der Waals surface area contributed by atoms with Gasteiger partial charge in [-0.1, -0.05) is 0 Å². The number of nitrogens with zero attached hydrogens (tertiary/aromatic N) is 2. The maximum Gasteiger partial charge on any atom is 0.417 e. The van der Waals surface area contributed by atoms with Crippen molar-refractivity contribution < 1.29 is 27.4 Å². The van der Waals surface area contributed by atoms with Crippen molar-refractivity contribution in [2.45, 2.75) is 25.1 Å². The Labute approximate surface area is 131 Å². The van der Waals surface area contributed by atoms with Gasteiger partial charge in [-0.05, 0) is 18.9 Å². The molecule has 1 saturated heterocycles. The van der Waals surface area contributed by atoms with Crippen molar-refractivity contribution >= 4 is 5.91 Å². The van der Waals surface area contributed by atoms with Gasteiger partial charge in [0, 0.05) is 24.7 Å². The molecule has 2 heterocycles. The molecule has 1 aromatic heterocycles. The quantitative estimate of drug-likeness (QED) is 0.852. The summed E-state index contributed by atoms with van der Waals surface area (Å²) in [5, 5.41) is 0. The number of amides is 1. The Morgan fingerprint density at radius 3 is 2.74 bits per heavy atom. The van der Waals surface area contributed by atoms with E-state index in [0.717, 1.165) is 25.1 Å². The molecule has 2 fully saturated rings. The van der Waals surface area contributed by atoms with E-state index in [1.807, 2.05) is 0 Å². The summed E-state index contributed by atoms with van der Waals surface area (Å²) in [6.07, 6.45) is -2.29. The van der Waals surface area contributed by atoms with E-state index in [9.17, 15) is 18.0 Å². The molecular formula is C15H17F3N2O3. The lowest BCUT2D eigenvalue weighted by molar-refractivity contribution is -0.138. The van der Waals surface area contributed by atoms with Crippen LogP contribution in [0.25, 0.3) is 0 Å². The van der Waals surface area contributed by atoms with E-state index in [1.54, 1.807) is 4.90 Å². The van der Waals surface area contributed by atoms with Gasteiger partial charge in [-0.3, -0.25) is 4.79 Å². The average molecular weight is 330 g/mol. The fourth-order valence-electron chi connectivity index (χ4n) is 2.43. The standard InChI is InChI=1S/C15H17F3N2O3/c16-15(17,18)11-3-4-13(19-7-11)23-12-8-20(5-6-22-9-12)14(21)10-1-2-10/h3-4,7,10,12H,1-2,5-6,8-9H2. The third kappa shape index (κ3) is 4.13. The van der Waals surface area contributed by atoms with Gasteiger partial charge in [-0.2, -0.15) is 13.2 Å². The minimum absolute atomic E-state index is 0.0901. The highest BCUT2D eigenvalue weighted by Gasteiger charge is 2.35. The van der Waals surface area contributed by atoms with Crippen LogP contribution in [0.5, 0.6) is 5.88 Å². The number of ether oxygens (including phenoxy) is 2. The zero-order valence-electron chi connectivity index (χ0n) is 12.4. The molecule has 1 amide bonds. The van der Waals surface area contributed by atoms with Crippen LogP contribution in [0.15, 0.2) is 18.3 Å². The number of aromatic nitrogens is 1. The molecule has 1 atom stereocenters. The summed E-state index contributed by atoms with van der Waals surface area (Å²) in [6.45, 7) is 1.57. The summed E-state index contributed by atoms with van der Waals surface area (Å²) in [4.78, 5) is 17.5. The largest absolute Gasteiger partial charge is 0.470 e. The molecule has 0 spiro atoms. The molecule has 1 aliphatic heterocycles. The minimum atomic E-state index is -4.43. The third-order valence-electron chi connectivity index (χ3n) is 3.82. The van der Waals surface area contributed by atoms with Crippen molar-refractivity contribution in [2.75, 3.05) is 26.3 Å². The SMILES string of the molecule is O=C(C1CC1)N1CCOCC(Oc2ccc(C(F)(F)F)cn2)C1. The molecule has 2 aliphatic rings. The molecule has 0 radical (unpaired) electrons. The van der Waals surface area contributed by atoms with E-state index >= 15 is 0 Å². The Hall–Kier alpha value is -1.83. The van der Waals surface area contributed by atoms with E-state index in [-0.39, 0.29) is 24.3 Å². The van der Waals surface area contributed by atoms with Gasteiger partial charge in [0.15, 0.2) is 0 Å². The maximum absolute atomic E-state index is 12.5. The monoisotopic (exact) mass is 330 g/mol. The summed E-state index contributed by atoms with van der Waals surface area (Å²) in [7, 11) is 0. The molecule has 1 saturated carbocycles. The highest BCUT2D eigenvalue weighted by Crippen LogP contribution is 2.31. The summed E-state index contributed by atoms with van der Waals surface area (Å²) in [5.74, 6) is 0.301. The Morgan fingerprint density at radius 2 is 2.13 bits per heavy atom. The first-order valence-electron chi connectivity index (χ1n) is 7.50. The number of carbonyl (C=O) groups excluding carboxylic acids is 1. The van der Waals surface area contributed by atoms with Crippen LogP contribution in [0.2, 0.25) is 0 Å². The number of alkyl halides is 3. The molecule has 1 unspecified atom stereocenters.